The second-order valence-electron chi connectivity index (χ2n) is 1.69. The molecule has 8 heavy (non-hydrogen) atoms. The summed E-state index contributed by atoms with van der Waals surface area (Å²) >= 11 is 0. The number of rotatable bonds is 0. The van der Waals surface area contributed by atoms with Gasteiger partial charge in [-0.3, -0.25) is 5.10 Å². The molecular weight excluding hydrogens is 100 g/mol. The summed E-state index contributed by atoms with van der Waals surface area (Å²) in [4.78, 5) is 0. The lowest BCUT2D eigenvalue weighted by molar-refractivity contribution is 1.02. The highest BCUT2D eigenvalue weighted by molar-refractivity contribution is 5.03. The van der Waals surface area contributed by atoms with Crippen LogP contribution in [-0.4, -0.2) is 10.2 Å². The number of nitrogens with one attached hydrogen (secondary N) is 1. The highest BCUT2D eigenvalue weighted by Gasteiger charge is 1.84. The molecule has 0 fully saturated rings. The van der Waals surface area contributed by atoms with E-state index in [9.17, 15) is 0 Å². The van der Waals surface area contributed by atoms with E-state index in [1.807, 2.05) is 19.9 Å². The van der Waals surface area contributed by atoms with Gasteiger partial charge in [-0.05, 0) is 19.9 Å². The van der Waals surface area contributed by atoms with Crippen LogP contribution in [0.4, 0.5) is 0 Å². The molecule has 0 unspecified atom stereocenters. The number of nitrogens with zero attached hydrogens (tertiary/aromatic N) is 1. The molecule has 0 aromatic carbocycles. The van der Waals surface area contributed by atoms with Crippen molar-refractivity contribution in [3.63, 3.8) is 0 Å². The van der Waals surface area contributed by atoms with Crippen molar-refractivity contribution >= 4 is 0 Å². The molecule has 1 aromatic heterocycles. The van der Waals surface area contributed by atoms with Gasteiger partial charge in [0.05, 0.1) is 5.69 Å². The van der Waals surface area contributed by atoms with Crippen LogP contribution in [0.1, 0.15) is 18.8 Å². The summed E-state index contributed by atoms with van der Waals surface area (Å²) in [5, 5.41) is 6.71. The van der Waals surface area contributed by atoms with Gasteiger partial charge in [0.25, 0.3) is 0 Å². The predicted molar refractivity (Wildman–Crippen MR) is 34.8 cm³/mol. The Balaban J connectivity index is 0.000000490. The molecule has 46 valence electrons. The summed E-state index contributed by atoms with van der Waals surface area (Å²) in [6.45, 7) is 3.95. The average molecular weight is 112 g/mol. The number of hydrogen-bond donors (Lipinski definition) is 1. The van der Waals surface area contributed by atoms with Crippen LogP contribution in [0.2, 0.25) is 0 Å². The third kappa shape index (κ3) is 1.37. The minimum absolute atomic E-state index is 0. The average Bonchev–Trinajstić information content (AvgIpc) is 1.87. The lowest BCUT2D eigenvalue weighted by Crippen LogP contribution is -1.68. The molecule has 0 spiro atoms. The van der Waals surface area contributed by atoms with Gasteiger partial charge in [-0.2, -0.15) is 5.10 Å². The Hall–Kier alpha value is -0.790. The van der Waals surface area contributed by atoms with Gasteiger partial charge in [0.1, 0.15) is 0 Å². The molecule has 2 nitrogen and oxygen atoms in total. The first-order valence-corrected chi connectivity index (χ1v) is 2.27. The Morgan fingerprint density at radius 3 is 2.25 bits per heavy atom. The van der Waals surface area contributed by atoms with Crippen LogP contribution in [0, 0.1) is 13.8 Å². The molecule has 0 aliphatic heterocycles. The largest absolute Gasteiger partial charge is 0.283 e. The van der Waals surface area contributed by atoms with Crippen molar-refractivity contribution in [2.24, 2.45) is 0 Å². The van der Waals surface area contributed by atoms with Gasteiger partial charge in [-0.1, -0.05) is 7.43 Å². The minimum Gasteiger partial charge on any atom is -0.283 e. The number of hydrogen-bond acceptors (Lipinski definition) is 1. The summed E-state index contributed by atoms with van der Waals surface area (Å²) in [5.41, 5.74) is 2.18. The van der Waals surface area contributed by atoms with Crippen molar-refractivity contribution < 1.29 is 0 Å². The van der Waals surface area contributed by atoms with Crippen molar-refractivity contribution in [2.75, 3.05) is 0 Å². The lowest BCUT2D eigenvalue weighted by Gasteiger charge is -1.68. The van der Waals surface area contributed by atoms with Crippen LogP contribution in [-0.2, 0) is 0 Å². The maximum absolute atomic E-state index is 3.89. The summed E-state index contributed by atoms with van der Waals surface area (Å²) < 4.78 is 0. The Bertz CT molecular complexity index is 139. The van der Waals surface area contributed by atoms with Crippen molar-refractivity contribution in [1.82, 2.24) is 10.2 Å². The molecule has 0 amide bonds. The fourth-order valence-corrected chi connectivity index (χ4v) is 0.554. The van der Waals surface area contributed by atoms with Crippen LogP contribution in [0.3, 0.4) is 0 Å². The Morgan fingerprint density at radius 1 is 1.50 bits per heavy atom. The van der Waals surface area contributed by atoms with Gasteiger partial charge < -0.3 is 0 Å². The molecule has 0 atom stereocenters. The van der Waals surface area contributed by atoms with Gasteiger partial charge >= 0.3 is 0 Å². The number of H-pyrrole nitrogens is 1. The maximum atomic E-state index is 3.89. The molecule has 0 saturated carbocycles. The molecule has 0 aliphatic rings. The van der Waals surface area contributed by atoms with Gasteiger partial charge in [0.15, 0.2) is 0 Å². The molecule has 0 saturated heterocycles. The molecule has 1 rings (SSSR count). The van der Waals surface area contributed by atoms with Gasteiger partial charge in [-0.25, -0.2) is 0 Å². The van der Waals surface area contributed by atoms with Crippen LogP contribution < -0.4 is 0 Å². The summed E-state index contributed by atoms with van der Waals surface area (Å²) in [6.07, 6.45) is 0. The van der Waals surface area contributed by atoms with Crippen molar-refractivity contribution in [3.05, 3.63) is 17.5 Å². The van der Waals surface area contributed by atoms with Gasteiger partial charge in [0, 0.05) is 5.69 Å². The SMILES string of the molecule is C.Cc1cc(C)[nH]n1. The molecule has 1 N–H and O–H groups in total. The zero-order valence-electron chi connectivity index (χ0n) is 4.52. The van der Waals surface area contributed by atoms with Crippen molar-refractivity contribution in [3.8, 4) is 0 Å². The molecule has 2 heteroatoms. The fourth-order valence-electron chi connectivity index (χ4n) is 0.554. The molecule has 0 radical (unpaired) electrons. The van der Waals surface area contributed by atoms with Crippen LogP contribution in [0.15, 0.2) is 6.07 Å². The summed E-state index contributed by atoms with van der Waals surface area (Å²) in [5.74, 6) is 0. The fraction of sp³-hybridized carbons (Fsp3) is 0.500. The quantitative estimate of drug-likeness (QED) is 0.543. The third-order valence-corrected chi connectivity index (χ3v) is 0.834. The van der Waals surface area contributed by atoms with E-state index < -0.39 is 0 Å². The van der Waals surface area contributed by atoms with E-state index in [2.05, 4.69) is 10.2 Å². The Kier molecular flexibility index (Phi) is 2.25. The standard InChI is InChI=1S/C5H8N2.CH4/c1-4-3-5(2)7-6-4;/h3H,1-2H3,(H,6,7);1H4. The maximum Gasteiger partial charge on any atom is 0.0593 e. The van der Waals surface area contributed by atoms with E-state index in [1.54, 1.807) is 0 Å². The first-order chi connectivity index (χ1) is 3.29. The normalized spacial score (nSPS) is 8.25. The van der Waals surface area contributed by atoms with E-state index >= 15 is 0 Å². The van der Waals surface area contributed by atoms with E-state index in [1.165, 1.54) is 0 Å². The summed E-state index contributed by atoms with van der Waals surface area (Å²) in [7, 11) is 0. The van der Waals surface area contributed by atoms with Gasteiger partial charge in [0.2, 0.25) is 0 Å². The van der Waals surface area contributed by atoms with E-state index in [-0.39, 0.29) is 7.43 Å². The lowest BCUT2D eigenvalue weighted by atomic mass is 10.4. The Morgan fingerprint density at radius 2 is 2.12 bits per heavy atom. The van der Waals surface area contributed by atoms with Crippen LogP contribution in [0.25, 0.3) is 0 Å². The molecule has 0 aliphatic carbocycles. The van der Waals surface area contributed by atoms with Crippen molar-refractivity contribution in [2.45, 2.75) is 21.3 Å². The molecule has 1 heterocycles. The molecule has 0 bridgehead atoms. The van der Waals surface area contributed by atoms with Crippen LogP contribution in [0.5, 0.6) is 0 Å². The highest BCUT2D eigenvalue weighted by atomic mass is 15.1. The monoisotopic (exact) mass is 112 g/mol. The third-order valence-electron chi connectivity index (χ3n) is 0.834. The number of aryl methyl sites for hydroxylation is 2. The van der Waals surface area contributed by atoms with E-state index in [0.717, 1.165) is 11.4 Å². The van der Waals surface area contributed by atoms with E-state index in [4.69, 9.17) is 0 Å². The molecule has 1 aromatic rings. The minimum atomic E-state index is 0. The van der Waals surface area contributed by atoms with Crippen molar-refractivity contribution in [1.29, 1.82) is 0 Å². The number of aromatic amines is 1. The first-order valence-electron chi connectivity index (χ1n) is 2.27. The van der Waals surface area contributed by atoms with Gasteiger partial charge in [-0.15, -0.1) is 0 Å². The smallest absolute Gasteiger partial charge is 0.0593 e. The molecular formula is C6H12N2. The zero-order valence-corrected chi connectivity index (χ0v) is 4.52. The zero-order chi connectivity index (χ0) is 5.28. The predicted octanol–water partition coefficient (Wildman–Crippen LogP) is 1.66. The Labute approximate surface area is 49.9 Å². The van der Waals surface area contributed by atoms with E-state index in [0.29, 0.717) is 0 Å². The highest BCUT2D eigenvalue weighted by Crippen LogP contribution is 1.92. The second-order valence-corrected chi connectivity index (χ2v) is 1.69. The summed E-state index contributed by atoms with van der Waals surface area (Å²) in [6, 6.07) is 2.00. The first kappa shape index (κ1) is 7.21. The van der Waals surface area contributed by atoms with Crippen LogP contribution >= 0.6 is 0 Å². The number of aromatic nitrogens is 2. The topological polar surface area (TPSA) is 28.7 Å². The second kappa shape index (κ2) is 2.50.